The predicted molar refractivity (Wildman–Crippen MR) is 132 cm³/mol. The Balaban J connectivity index is 1.19. The standard InChI is InChI=1S/C25H29N5O3S/c1-16(18-10-24(31)27-11-18)33-23-9-17(8-22-25(23)34-15-28-22)21-3-2-19(12-26-21)29-4-6-30(7-5-29)20-13-32-14-20/h2-3,8-9,12,15-16,18,20H,4-7,10-11,13-14H2,1H3,(H,27,31)/t16-,18-/m1/s1. The summed E-state index contributed by atoms with van der Waals surface area (Å²) in [7, 11) is 0. The molecule has 1 amide bonds. The van der Waals surface area contributed by atoms with Crippen LogP contribution in [0.3, 0.4) is 0 Å². The van der Waals surface area contributed by atoms with E-state index in [2.05, 4.69) is 44.4 Å². The number of fused-ring (bicyclic) bond motifs is 1. The molecule has 9 heteroatoms. The van der Waals surface area contributed by atoms with Crippen molar-refractivity contribution in [3.63, 3.8) is 0 Å². The number of nitrogens with zero attached hydrogens (tertiary/aromatic N) is 4. The number of hydrogen-bond donors (Lipinski definition) is 1. The molecule has 0 aliphatic carbocycles. The van der Waals surface area contributed by atoms with E-state index in [0.29, 0.717) is 19.0 Å². The van der Waals surface area contributed by atoms with Crippen molar-refractivity contribution < 1.29 is 14.3 Å². The van der Waals surface area contributed by atoms with Crippen molar-refractivity contribution >= 4 is 33.1 Å². The largest absolute Gasteiger partial charge is 0.489 e. The second kappa shape index (κ2) is 9.13. The first-order chi connectivity index (χ1) is 16.6. The number of hydrogen-bond acceptors (Lipinski definition) is 8. The summed E-state index contributed by atoms with van der Waals surface area (Å²) in [5.41, 5.74) is 5.80. The highest BCUT2D eigenvalue weighted by molar-refractivity contribution is 7.17. The highest BCUT2D eigenvalue weighted by Gasteiger charge is 2.30. The molecule has 6 rings (SSSR count). The number of thiazole rings is 1. The number of benzene rings is 1. The van der Waals surface area contributed by atoms with Gasteiger partial charge >= 0.3 is 0 Å². The number of amides is 1. The molecule has 1 N–H and O–H groups in total. The van der Waals surface area contributed by atoms with Crippen LogP contribution in [0.5, 0.6) is 5.75 Å². The molecule has 0 saturated carbocycles. The maximum Gasteiger partial charge on any atom is 0.220 e. The van der Waals surface area contributed by atoms with Crippen LogP contribution in [0, 0.1) is 5.92 Å². The Morgan fingerprint density at radius 2 is 2.03 bits per heavy atom. The molecule has 0 radical (unpaired) electrons. The van der Waals surface area contributed by atoms with Crippen LogP contribution in [0.2, 0.25) is 0 Å². The van der Waals surface area contributed by atoms with Gasteiger partial charge in [-0.15, -0.1) is 11.3 Å². The van der Waals surface area contributed by atoms with E-state index in [1.807, 2.05) is 18.6 Å². The highest BCUT2D eigenvalue weighted by atomic mass is 32.1. The molecule has 0 bridgehead atoms. The van der Waals surface area contributed by atoms with E-state index >= 15 is 0 Å². The fourth-order valence-corrected chi connectivity index (χ4v) is 5.68. The summed E-state index contributed by atoms with van der Waals surface area (Å²) in [4.78, 5) is 25.9. The maximum atomic E-state index is 11.6. The van der Waals surface area contributed by atoms with Crippen LogP contribution in [0.25, 0.3) is 21.5 Å². The average molecular weight is 480 g/mol. The van der Waals surface area contributed by atoms with Gasteiger partial charge in [0.2, 0.25) is 5.91 Å². The molecule has 8 nitrogen and oxygen atoms in total. The van der Waals surface area contributed by atoms with Crippen LogP contribution in [0.4, 0.5) is 5.69 Å². The molecular formula is C25H29N5O3S. The molecule has 5 heterocycles. The Hall–Kier alpha value is -2.75. The van der Waals surface area contributed by atoms with E-state index in [0.717, 1.165) is 72.3 Å². The van der Waals surface area contributed by atoms with Crippen molar-refractivity contribution in [2.45, 2.75) is 25.5 Å². The van der Waals surface area contributed by atoms with Crippen LogP contribution in [0.1, 0.15) is 13.3 Å². The van der Waals surface area contributed by atoms with Gasteiger partial charge in [0.1, 0.15) is 11.9 Å². The minimum Gasteiger partial charge on any atom is -0.489 e. The zero-order valence-corrected chi connectivity index (χ0v) is 20.1. The topological polar surface area (TPSA) is 79.8 Å². The first-order valence-electron chi connectivity index (χ1n) is 12.0. The van der Waals surface area contributed by atoms with E-state index in [4.69, 9.17) is 14.5 Å². The molecule has 0 unspecified atom stereocenters. The number of piperazine rings is 1. The van der Waals surface area contributed by atoms with Crippen LogP contribution >= 0.6 is 11.3 Å². The Bertz CT molecular complexity index is 1170. The van der Waals surface area contributed by atoms with Gasteiger partial charge in [-0.2, -0.15) is 0 Å². The molecule has 2 aromatic heterocycles. The highest BCUT2D eigenvalue weighted by Crippen LogP contribution is 2.36. The number of ether oxygens (including phenoxy) is 2. The molecule has 3 aliphatic rings. The van der Waals surface area contributed by atoms with E-state index in [1.54, 1.807) is 11.3 Å². The second-order valence-electron chi connectivity index (χ2n) is 9.38. The average Bonchev–Trinajstić information content (AvgIpc) is 3.48. The van der Waals surface area contributed by atoms with E-state index < -0.39 is 0 Å². The van der Waals surface area contributed by atoms with Gasteiger partial charge in [0.15, 0.2) is 0 Å². The van der Waals surface area contributed by atoms with Gasteiger partial charge in [-0.25, -0.2) is 4.98 Å². The van der Waals surface area contributed by atoms with E-state index in [-0.39, 0.29) is 17.9 Å². The molecule has 0 spiro atoms. The smallest absolute Gasteiger partial charge is 0.220 e. The normalized spacial score (nSPS) is 22.6. The lowest BCUT2D eigenvalue weighted by Gasteiger charge is -2.43. The molecular weight excluding hydrogens is 450 g/mol. The Kier molecular flexibility index (Phi) is 5.84. The number of carbonyl (C=O) groups is 1. The number of rotatable bonds is 6. The molecule has 2 atom stereocenters. The molecule has 3 saturated heterocycles. The van der Waals surface area contributed by atoms with Gasteiger partial charge in [-0.05, 0) is 31.2 Å². The minimum atomic E-state index is -0.0694. The number of carbonyl (C=O) groups excluding carboxylic acids is 1. The van der Waals surface area contributed by atoms with Crippen LogP contribution in [-0.2, 0) is 9.53 Å². The van der Waals surface area contributed by atoms with Gasteiger partial charge in [0.25, 0.3) is 0 Å². The third kappa shape index (κ3) is 4.23. The third-order valence-corrected chi connectivity index (χ3v) is 8.10. The van der Waals surface area contributed by atoms with Gasteiger partial charge in [0, 0.05) is 50.6 Å². The monoisotopic (exact) mass is 479 g/mol. The van der Waals surface area contributed by atoms with Crippen molar-refractivity contribution in [2.75, 3.05) is 50.8 Å². The molecule has 34 heavy (non-hydrogen) atoms. The van der Waals surface area contributed by atoms with Crippen molar-refractivity contribution in [1.82, 2.24) is 20.2 Å². The number of anilines is 1. The predicted octanol–water partition coefficient (Wildman–Crippen LogP) is 2.78. The van der Waals surface area contributed by atoms with Gasteiger partial charge in [0.05, 0.1) is 52.6 Å². The summed E-state index contributed by atoms with van der Waals surface area (Å²) < 4.78 is 12.7. The Labute approximate surface area is 202 Å². The van der Waals surface area contributed by atoms with Crippen LogP contribution in [0.15, 0.2) is 36.0 Å². The van der Waals surface area contributed by atoms with Gasteiger partial charge < -0.3 is 19.7 Å². The summed E-state index contributed by atoms with van der Waals surface area (Å²) >= 11 is 1.57. The van der Waals surface area contributed by atoms with Gasteiger partial charge in [-0.3, -0.25) is 14.7 Å². The number of nitrogens with one attached hydrogen (secondary N) is 1. The lowest BCUT2D eigenvalue weighted by atomic mass is 10.0. The van der Waals surface area contributed by atoms with Crippen LogP contribution < -0.4 is 15.0 Å². The van der Waals surface area contributed by atoms with Gasteiger partial charge in [-0.1, -0.05) is 0 Å². The fourth-order valence-electron chi connectivity index (χ4n) is 4.95. The first kappa shape index (κ1) is 21.8. The lowest BCUT2D eigenvalue weighted by molar-refractivity contribution is -0.119. The summed E-state index contributed by atoms with van der Waals surface area (Å²) in [6, 6.07) is 8.98. The fraction of sp³-hybridized carbons (Fsp3) is 0.480. The SMILES string of the molecule is C[C@@H](Oc1cc(-c2ccc(N3CCN(C4COC4)CC3)cn2)cc2ncsc12)[C@H]1CNC(=O)C1. The maximum absolute atomic E-state index is 11.6. The summed E-state index contributed by atoms with van der Waals surface area (Å²) in [5, 5.41) is 2.90. The van der Waals surface area contributed by atoms with Crippen molar-refractivity contribution in [3.05, 3.63) is 36.0 Å². The Morgan fingerprint density at radius 3 is 2.71 bits per heavy atom. The lowest BCUT2D eigenvalue weighted by Crippen LogP contribution is -2.56. The molecule has 3 fully saturated rings. The van der Waals surface area contributed by atoms with Crippen molar-refractivity contribution in [1.29, 1.82) is 0 Å². The van der Waals surface area contributed by atoms with E-state index in [1.165, 1.54) is 0 Å². The zero-order chi connectivity index (χ0) is 23.1. The first-order valence-corrected chi connectivity index (χ1v) is 12.9. The van der Waals surface area contributed by atoms with E-state index in [9.17, 15) is 4.79 Å². The molecule has 178 valence electrons. The number of aromatic nitrogens is 2. The van der Waals surface area contributed by atoms with Crippen molar-refractivity contribution in [3.8, 4) is 17.0 Å². The van der Waals surface area contributed by atoms with Crippen molar-refractivity contribution in [2.24, 2.45) is 5.92 Å². The molecule has 3 aliphatic heterocycles. The Morgan fingerprint density at radius 1 is 1.18 bits per heavy atom. The second-order valence-corrected chi connectivity index (χ2v) is 10.2. The quantitative estimate of drug-likeness (QED) is 0.582. The van der Waals surface area contributed by atoms with Crippen LogP contribution in [-0.4, -0.2) is 78.9 Å². The summed E-state index contributed by atoms with van der Waals surface area (Å²) in [6.45, 7) is 8.61. The minimum absolute atomic E-state index is 0.0694. The third-order valence-electron chi connectivity index (χ3n) is 7.24. The molecule has 3 aromatic rings. The number of pyridine rings is 1. The summed E-state index contributed by atoms with van der Waals surface area (Å²) in [6.07, 6.45) is 2.42. The zero-order valence-electron chi connectivity index (χ0n) is 19.3. The molecule has 1 aromatic carbocycles. The summed E-state index contributed by atoms with van der Waals surface area (Å²) in [5.74, 6) is 1.08.